The Morgan fingerprint density at radius 1 is 1.36 bits per heavy atom. The Morgan fingerprint density at radius 3 is 2.55 bits per heavy atom. The first-order chi connectivity index (χ1) is 5.29. The summed E-state index contributed by atoms with van der Waals surface area (Å²) < 4.78 is 0. The van der Waals surface area contributed by atoms with Gasteiger partial charge in [0.2, 0.25) is 5.91 Å². The first kappa shape index (κ1) is 7.79. The van der Waals surface area contributed by atoms with Gasteiger partial charge in [0.1, 0.15) is 0 Å². The Morgan fingerprint density at radius 2 is 2.00 bits per heavy atom. The molecule has 0 aromatic heterocycles. The average Bonchev–Trinajstić information content (AvgIpc) is 2.03. The van der Waals surface area contributed by atoms with Gasteiger partial charge in [-0.25, -0.2) is 0 Å². The fourth-order valence-electron chi connectivity index (χ4n) is 0.833. The van der Waals surface area contributed by atoms with E-state index in [1.165, 1.54) is 6.42 Å². The minimum absolute atomic E-state index is 0.367. The van der Waals surface area contributed by atoms with Crippen LogP contribution in [0.4, 0.5) is 0 Å². The minimum Gasteiger partial charge on any atom is -0.369 e. The van der Waals surface area contributed by atoms with Crippen LogP contribution in [0.5, 0.6) is 0 Å². The molecule has 0 bridgehead atoms. The molecule has 0 fully saturated rings. The summed E-state index contributed by atoms with van der Waals surface area (Å²) in [5.41, 5.74) is 6.05. The molecule has 0 saturated heterocycles. The molecule has 2 heteroatoms. The molecule has 0 unspecified atom stereocenters. The fourth-order valence-corrected chi connectivity index (χ4v) is 0.833. The van der Waals surface area contributed by atoms with Crippen molar-refractivity contribution in [2.75, 3.05) is 0 Å². The van der Waals surface area contributed by atoms with Crippen LogP contribution in [0.3, 0.4) is 0 Å². The molecule has 1 aromatic carbocycles. The molecule has 0 aliphatic heterocycles. The van der Waals surface area contributed by atoms with E-state index in [0.29, 0.717) is 6.42 Å². The van der Waals surface area contributed by atoms with Crippen LogP contribution in [0.15, 0.2) is 30.3 Å². The third kappa shape index (κ3) is 2.85. The van der Waals surface area contributed by atoms with Crippen LogP contribution in [0.2, 0.25) is 0 Å². The van der Waals surface area contributed by atoms with Gasteiger partial charge in [0.25, 0.3) is 0 Å². The number of amides is 1. The van der Waals surface area contributed by atoms with Crippen LogP contribution in [0, 0.1) is 6.42 Å². The summed E-state index contributed by atoms with van der Waals surface area (Å²) >= 11 is 0. The monoisotopic (exact) mass is 148 g/mol. The van der Waals surface area contributed by atoms with Gasteiger partial charge in [0.05, 0.1) is 6.42 Å². The smallest absolute Gasteiger partial charge is 0.221 e. The van der Waals surface area contributed by atoms with Gasteiger partial charge in [-0.05, 0) is 12.0 Å². The quantitative estimate of drug-likeness (QED) is 0.680. The van der Waals surface area contributed by atoms with Crippen molar-refractivity contribution >= 4 is 5.91 Å². The molecular formula is C9H10NO. The maximum absolute atomic E-state index is 10.3. The maximum Gasteiger partial charge on any atom is 0.221 e. The van der Waals surface area contributed by atoms with Gasteiger partial charge in [0, 0.05) is 0 Å². The molecule has 0 spiro atoms. The lowest BCUT2D eigenvalue weighted by molar-refractivity contribution is -0.115. The van der Waals surface area contributed by atoms with Crippen LogP contribution in [0.25, 0.3) is 0 Å². The summed E-state index contributed by atoms with van der Waals surface area (Å²) in [5.74, 6) is -0.367. The summed E-state index contributed by atoms with van der Waals surface area (Å²) in [6.07, 6.45) is 2.09. The number of carbonyl (C=O) groups is 1. The molecule has 0 atom stereocenters. The zero-order valence-electron chi connectivity index (χ0n) is 6.16. The van der Waals surface area contributed by atoms with Crippen molar-refractivity contribution in [2.24, 2.45) is 5.73 Å². The maximum atomic E-state index is 10.3. The number of benzene rings is 1. The first-order valence-electron chi connectivity index (χ1n) is 3.45. The second-order valence-corrected chi connectivity index (χ2v) is 2.30. The molecule has 1 aromatic rings. The van der Waals surface area contributed by atoms with Gasteiger partial charge in [0.15, 0.2) is 0 Å². The van der Waals surface area contributed by atoms with Gasteiger partial charge in [-0.15, -0.1) is 0 Å². The van der Waals surface area contributed by atoms with Gasteiger partial charge >= 0.3 is 0 Å². The van der Waals surface area contributed by atoms with E-state index in [0.717, 1.165) is 5.56 Å². The van der Waals surface area contributed by atoms with Crippen molar-refractivity contribution in [3.63, 3.8) is 0 Å². The number of nitrogens with two attached hydrogens (primary N) is 1. The van der Waals surface area contributed by atoms with Crippen LogP contribution in [-0.2, 0) is 11.2 Å². The van der Waals surface area contributed by atoms with E-state index in [2.05, 4.69) is 0 Å². The summed E-state index contributed by atoms with van der Waals surface area (Å²) in [4.78, 5) is 10.3. The lowest BCUT2D eigenvalue weighted by Gasteiger charge is -1.95. The molecule has 0 aliphatic carbocycles. The number of rotatable bonds is 3. The Kier molecular flexibility index (Phi) is 2.66. The van der Waals surface area contributed by atoms with E-state index >= 15 is 0 Å². The highest BCUT2D eigenvalue weighted by Gasteiger charge is 1.95. The minimum atomic E-state index is -0.367. The molecule has 1 radical (unpaired) electrons. The predicted octanol–water partition coefficient (Wildman–Crippen LogP) is 0.919. The highest BCUT2D eigenvalue weighted by molar-refractivity contribution is 5.83. The van der Waals surface area contributed by atoms with E-state index in [1.54, 1.807) is 0 Å². The summed E-state index contributed by atoms with van der Waals surface area (Å²) in [6, 6.07) is 9.72. The van der Waals surface area contributed by atoms with Gasteiger partial charge in [-0.2, -0.15) is 0 Å². The van der Waals surface area contributed by atoms with E-state index in [9.17, 15) is 4.79 Å². The van der Waals surface area contributed by atoms with Crippen LogP contribution in [-0.4, -0.2) is 5.91 Å². The fraction of sp³-hybridized carbons (Fsp3) is 0.111. The summed E-state index contributed by atoms with van der Waals surface area (Å²) in [7, 11) is 0. The molecule has 11 heavy (non-hydrogen) atoms. The lowest BCUT2D eigenvalue weighted by Crippen LogP contribution is -2.11. The molecule has 0 saturated carbocycles. The summed E-state index contributed by atoms with van der Waals surface area (Å²) in [6.45, 7) is 0. The number of primary amides is 1. The van der Waals surface area contributed by atoms with Crippen molar-refractivity contribution < 1.29 is 4.79 Å². The summed E-state index contributed by atoms with van der Waals surface area (Å²) in [5, 5.41) is 0. The van der Waals surface area contributed by atoms with Crippen molar-refractivity contribution in [2.45, 2.75) is 6.42 Å². The van der Waals surface area contributed by atoms with Crippen molar-refractivity contribution in [1.29, 1.82) is 0 Å². The molecule has 2 N–H and O–H groups in total. The molecule has 1 rings (SSSR count). The SMILES string of the molecule is NC(=O)[CH]Cc1ccccc1. The molecule has 0 heterocycles. The molecular weight excluding hydrogens is 138 g/mol. The largest absolute Gasteiger partial charge is 0.369 e. The second-order valence-electron chi connectivity index (χ2n) is 2.30. The van der Waals surface area contributed by atoms with Crippen LogP contribution < -0.4 is 5.73 Å². The standard InChI is InChI=1S/C9H10NO/c10-9(11)7-6-8-4-2-1-3-5-8/h1-5,7H,6H2,(H2,10,11). The molecule has 1 amide bonds. The van der Waals surface area contributed by atoms with Crippen molar-refractivity contribution in [3.05, 3.63) is 42.3 Å². The first-order valence-corrected chi connectivity index (χ1v) is 3.45. The second kappa shape index (κ2) is 3.76. The zero-order valence-corrected chi connectivity index (χ0v) is 6.16. The van der Waals surface area contributed by atoms with E-state index in [4.69, 9.17) is 5.73 Å². The number of hydrogen-bond acceptors (Lipinski definition) is 1. The Balaban J connectivity index is 2.45. The highest BCUT2D eigenvalue weighted by atomic mass is 16.1. The topological polar surface area (TPSA) is 43.1 Å². The van der Waals surface area contributed by atoms with Crippen LogP contribution in [0.1, 0.15) is 5.56 Å². The average molecular weight is 148 g/mol. The van der Waals surface area contributed by atoms with Gasteiger partial charge in [-0.3, -0.25) is 4.79 Å². The lowest BCUT2D eigenvalue weighted by atomic mass is 10.1. The Bertz CT molecular complexity index is 231. The Hall–Kier alpha value is -1.31. The molecule has 57 valence electrons. The van der Waals surface area contributed by atoms with Gasteiger partial charge in [-0.1, -0.05) is 30.3 Å². The predicted molar refractivity (Wildman–Crippen MR) is 43.6 cm³/mol. The van der Waals surface area contributed by atoms with E-state index in [-0.39, 0.29) is 5.91 Å². The van der Waals surface area contributed by atoms with Crippen molar-refractivity contribution in [3.8, 4) is 0 Å². The van der Waals surface area contributed by atoms with Gasteiger partial charge < -0.3 is 5.73 Å². The molecule has 0 aliphatic rings. The highest BCUT2D eigenvalue weighted by Crippen LogP contribution is 2.00. The zero-order chi connectivity index (χ0) is 8.10. The van der Waals surface area contributed by atoms with Crippen molar-refractivity contribution in [1.82, 2.24) is 0 Å². The van der Waals surface area contributed by atoms with Crippen LogP contribution >= 0.6 is 0 Å². The van der Waals surface area contributed by atoms with E-state index in [1.807, 2.05) is 30.3 Å². The number of carbonyl (C=O) groups excluding carboxylic acids is 1. The third-order valence-electron chi connectivity index (χ3n) is 1.38. The third-order valence-corrected chi connectivity index (χ3v) is 1.38. The normalized spacial score (nSPS) is 9.45. The number of hydrogen-bond donors (Lipinski definition) is 1. The Labute approximate surface area is 66.0 Å². The van der Waals surface area contributed by atoms with E-state index < -0.39 is 0 Å². The molecule has 2 nitrogen and oxygen atoms in total.